The molecule has 1 saturated carbocycles. The van der Waals surface area contributed by atoms with Gasteiger partial charge in [0.25, 0.3) is 0 Å². The molecular formula is C14H23NO2S. The van der Waals surface area contributed by atoms with Crippen LogP contribution in [-0.2, 0) is 9.53 Å². The normalized spacial score (nSPS) is 36.1. The zero-order valence-electron chi connectivity index (χ0n) is 11.0. The maximum atomic E-state index is 12.2. The van der Waals surface area contributed by atoms with Crippen molar-refractivity contribution >= 4 is 17.5 Å². The molecule has 2 saturated heterocycles. The molecule has 0 radical (unpaired) electrons. The Hall–Kier alpha value is -0.0600. The average Bonchev–Trinajstić information content (AvgIpc) is 3.10. The molecule has 0 aromatic rings. The Morgan fingerprint density at radius 1 is 1.39 bits per heavy atom. The van der Waals surface area contributed by atoms with Gasteiger partial charge in [-0.25, -0.2) is 0 Å². The van der Waals surface area contributed by atoms with Gasteiger partial charge < -0.3 is 10.1 Å². The minimum absolute atomic E-state index is 0.0414. The van der Waals surface area contributed by atoms with Crippen LogP contribution in [0.1, 0.15) is 32.1 Å². The lowest BCUT2D eigenvalue weighted by molar-refractivity contribution is -0.133. The fourth-order valence-corrected chi connectivity index (χ4v) is 4.41. The Morgan fingerprint density at radius 2 is 2.28 bits per heavy atom. The predicted molar refractivity (Wildman–Crippen MR) is 73.9 cm³/mol. The molecule has 0 amide bonds. The van der Waals surface area contributed by atoms with Gasteiger partial charge in [-0.15, -0.1) is 0 Å². The van der Waals surface area contributed by atoms with Crippen molar-refractivity contribution in [2.24, 2.45) is 11.8 Å². The van der Waals surface area contributed by atoms with Gasteiger partial charge in [0.2, 0.25) is 0 Å². The van der Waals surface area contributed by atoms with Crippen LogP contribution in [0.3, 0.4) is 0 Å². The minimum atomic E-state index is 0.0414. The zero-order chi connectivity index (χ0) is 12.4. The summed E-state index contributed by atoms with van der Waals surface area (Å²) in [4.78, 5) is 12.2. The summed E-state index contributed by atoms with van der Waals surface area (Å²) >= 11 is 1.97. The summed E-state index contributed by atoms with van der Waals surface area (Å²) in [6.45, 7) is 2.39. The van der Waals surface area contributed by atoms with Crippen LogP contribution in [-0.4, -0.2) is 42.6 Å². The molecule has 3 nitrogen and oxygen atoms in total. The molecule has 2 unspecified atom stereocenters. The highest BCUT2D eigenvalue weighted by molar-refractivity contribution is 7.99. The first-order valence-electron chi connectivity index (χ1n) is 7.23. The number of hydrogen-bond donors (Lipinski definition) is 1. The van der Waals surface area contributed by atoms with E-state index in [1.807, 2.05) is 11.8 Å². The van der Waals surface area contributed by atoms with Gasteiger partial charge in [0.05, 0.1) is 12.1 Å². The SMILES string of the molecule is O=C(CNCC1CC1)C1CCOC2(CCSC2)C1. The molecule has 102 valence electrons. The second-order valence-corrected chi connectivity index (χ2v) is 7.17. The van der Waals surface area contributed by atoms with Crippen LogP contribution in [0, 0.1) is 11.8 Å². The monoisotopic (exact) mass is 269 g/mol. The van der Waals surface area contributed by atoms with Crippen molar-refractivity contribution in [1.82, 2.24) is 5.32 Å². The molecule has 2 atom stereocenters. The van der Waals surface area contributed by atoms with E-state index in [4.69, 9.17) is 4.74 Å². The Morgan fingerprint density at radius 3 is 3.00 bits per heavy atom. The summed E-state index contributed by atoms with van der Waals surface area (Å²) in [5.41, 5.74) is 0.0414. The fourth-order valence-electron chi connectivity index (χ4n) is 3.03. The largest absolute Gasteiger partial charge is 0.374 e. The summed E-state index contributed by atoms with van der Waals surface area (Å²) in [6, 6.07) is 0. The Kier molecular flexibility index (Phi) is 3.97. The summed E-state index contributed by atoms with van der Waals surface area (Å²) in [6.07, 6.45) is 5.72. The highest BCUT2D eigenvalue weighted by Gasteiger charge is 2.42. The van der Waals surface area contributed by atoms with Crippen molar-refractivity contribution < 1.29 is 9.53 Å². The second kappa shape index (κ2) is 5.51. The molecule has 4 heteroatoms. The fraction of sp³-hybridized carbons (Fsp3) is 0.929. The molecule has 3 fully saturated rings. The molecule has 1 spiro atoms. The standard InChI is InChI=1S/C14H23NO2S/c16-13(9-15-8-11-1-2-11)12-3-5-17-14(7-12)4-6-18-10-14/h11-12,15H,1-10H2. The van der Waals surface area contributed by atoms with E-state index < -0.39 is 0 Å². The molecule has 2 aliphatic heterocycles. The van der Waals surface area contributed by atoms with Crippen LogP contribution in [0.2, 0.25) is 0 Å². The first kappa shape index (κ1) is 12.9. The topological polar surface area (TPSA) is 38.3 Å². The highest BCUT2D eigenvalue weighted by atomic mass is 32.2. The van der Waals surface area contributed by atoms with E-state index in [9.17, 15) is 4.79 Å². The van der Waals surface area contributed by atoms with Crippen molar-refractivity contribution in [3.05, 3.63) is 0 Å². The van der Waals surface area contributed by atoms with E-state index in [2.05, 4.69) is 5.32 Å². The van der Waals surface area contributed by atoms with E-state index in [1.54, 1.807) is 0 Å². The number of carbonyl (C=O) groups excluding carboxylic acids is 1. The summed E-state index contributed by atoms with van der Waals surface area (Å²) < 4.78 is 5.97. The smallest absolute Gasteiger partial charge is 0.149 e. The number of ketones is 1. The molecule has 3 aliphatic rings. The van der Waals surface area contributed by atoms with Crippen molar-refractivity contribution in [2.45, 2.75) is 37.7 Å². The van der Waals surface area contributed by atoms with Crippen molar-refractivity contribution in [2.75, 3.05) is 31.2 Å². The number of nitrogens with one attached hydrogen (secondary N) is 1. The van der Waals surface area contributed by atoms with E-state index in [0.717, 1.165) is 44.1 Å². The van der Waals surface area contributed by atoms with Gasteiger partial charge in [-0.3, -0.25) is 4.79 Å². The van der Waals surface area contributed by atoms with Gasteiger partial charge in [-0.2, -0.15) is 11.8 Å². The van der Waals surface area contributed by atoms with Crippen LogP contribution >= 0.6 is 11.8 Å². The molecule has 2 heterocycles. The van der Waals surface area contributed by atoms with Gasteiger partial charge in [-0.05, 0) is 50.3 Å². The van der Waals surface area contributed by atoms with E-state index >= 15 is 0 Å². The van der Waals surface area contributed by atoms with E-state index in [-0.39, 0.29) is 11.5 Å². The van der Waals surface area contributed by atoms with Gasteiger partial charge >= 0.3 is 0 Å². The third-order valence-corrected chi connectivity index (χ3v) is 5.67. The van der Waals surface area contributed by atoms with Crippen LogP contribution < -0.4 is 5.32 Å². The second-order valence-electron chi connectivity index (χ2n) is 6.06. The van der Waals surface area contributed by atoms with Gasteiger partial charge in [0.15, 0.2) is 0 Å². The molecule has 1 aliphatic carbocycles. The zero-order valence-corrected chi connectivity index (χ0v) is 11.8. The first-order chi connectivity index (χ1) is 8.77. The predicted octanol–water partition coefficient (Wildman–Crippen LogP) is 1.86. The Balaban J connectivity index is 1.46. The van der Waals surface area contributed by atoms with Gasteiger partial charge in [-0.1, -0.05) is 0 Å². The Labute approximate surface area is 113 Å². The molecule has 0 bridgehead atoms. The van der Waals surface area contributed by atoms with Crippen LogP contribution in [0.25, 0.3) is 0 Å². The highest BCUT2D eigenvalue weighted by Crippen LogP contribution is 2.40. The lowest BCUT2D eigenvalue weighted by atomic mass is 9.83. The number of rotatable bonds is 5. The number of carbonyl (C=O) groups is 1. The van der Waals surface area contributed by atoms with E-state index in [0.29, 0.717) is 12.3 Å². The summed E-state index contributed by atoms with van der Waals surface area (Å²) in [5.74, 6) is 3.79. The summed E-state index contributed by atoms with van der Waals surface area (Å²) in [7, 11) is 0. The maximum Gasteiger partial charge on any atom is 0.149 e. The molecule has 3 rings (SSSR count). The third kappa shape index (κ3) is 3.09. The van der Waals surface area contributed by atoms with Gasteiger partial charge in [0, 0.05) is 18.3 Å². The lowest BCUT2D eigenvalue weighted by Crippen LogP contribution is -2.43. The quantitative estimate of drug-likeness (QED) is 0.827. The molecule has 1 N–H and O–H groups in total. The number of ether oxygens (including phenoxy) is 1. The molecule has 18 heavy (non-hydrogen) atoms. The third-order valence-electron chi connectivity index (χ3n) is 4.44. The summed E-state index contributed by atoms with van der Waals surface area (Å²) in [5, 5.41) is 3.33. The average molecular weight is 269 g/mol. The van der Waals surface area contributed by atoms with Gasteiger partial charge in [0.1, 0.15) is 5.78 Å². The number of hydrogen-bond acceptors (Lipinski definition) is 4. The number of thioether (sulfide) groups is 1. The van der Waals surface area contributed by atoms with Crippen LogP contribution in [0.5, 0.6) is 0 Å². The molecule has 0 aromatic carbocycles. The van der Waals surface area contributed by atoms with Crippen molar-refractivity contribution in [3.63, 3.8) is 0 Å². The first-order valence-corrected chi connectivity index (χ1v) is 8.38. The van der Waals surface area contributed by atoms with Crippen LogP contribution in [0.4, 0.5) is 0 Å². The molecular weight excluding hydrogens is 246 g/mol. The van der Waals surface area contributed by atoms with Crippen molar-refractivity contribution in [1.29, 1.82) is 0 Å². The minimum Gasteiger partial charge on any atom is -0.374 e. The van der Waals surface area contributed by atoms with Crippen LogP contribution in [0.15, 0.2) is 0 Å². The molecule has 0 aromatic heterocycles. The number of Topliss-reactive ketones (excluding diaryl/α,β-unsaturated/α-hetero) is 1. The lowest BCUT2D eigenvalue weighted by Gasteiger charge is -2.37. The Bertz CT molecular complexity index is 311. The van der Waals surface area contributed by atoms with E-state index in [1.165, 1.54) is 18.6 Å². The van der Waals surface area contributed by atoms with Crippen molar-refractivity contribution in [3.8, 4) is 0 Å². The maximum absolute atomic E-state index is 12.2.